The zero-order chi connectivity index (χ0) is 21.6. The fraction of sp³-hybridized carbons (Fsp3) is 0.269. The third kappa shape index (κ3) is 5.37. The summed E-state index contributed by atoms with van der Waals surface area (Å²) in [6.45, 7) is 5.98. The molecule has 4 rings (SSSR count). The molecule has 4 nitrogen and oxygen atoms in total. The summed E-state index contributed by atoms with van der Waals surface area (Å²) < 4.78 is 13.7. The van der Waals surface area contributed by atoms with Crippen LogP contribution in [0.15, 0.2) is 78.9 Å². The third-order valence-corrected chi connectivity index (χ3v) is 6.14. The van der Waals surface area contributed by atoms with Crippen LogP contribution >= 0.6 is 0 Å². The van der Waals surface area contributed by atoms with E-state index in [1.165, 1.54) is 27.0 Å². The maximum absolute atomic E-state index is 13.7. The largest absolute Gasteiger partial charge is 0.321 e. The number of halogens is 1. The van der Waals surface area contributed by atoms with Crippen molar-refractivity contribution in [3.05, 3.63) is 101 Å². The van der Waals surface area contributed by atoms with Gasteiger partial charge >= 0.3 is 0 Å². The summed E-state index contributed by atoms with van der Waals surface area (Å²) in [6, 6.07) is 26.5. The van der Waals surface area contributed by atoms with E-state index in [4.69, 9.17) is 0 Å². The van der Waals surface area contributed by atoms with Crippen LogP contribution in [0.1, 0.15) is 22.7 Å². The maximum Gasteiger partial charge on any atom is 0.279 e. The third-order valence-electron chi connectivity index (χ3n) is 6.14. The van der Waals surface area contributed by atoms with Gasteiger partial charge in [0, 0.05) is 16.8 Å². The summed E-state index contributed by atoms with van der Waals surface area (Å²) in [5.74, 6) is -0.361. The predicted octanol–water partition coefficient (Wildman–Crippen LogP) is 1.65. The molecule has 1 saturated heterocycles. The molecule has 0 radical (unpaired) electrons. The van der Waals surface area contributed by atoms with Gasteiger partial charge in [-0.15, -0.1) is 0 Å². The van der Waals surface area contributed by atoms with Crippen LogP contribution in [0.2, 0.25) is 0 Å². The van der Waals surface area contributed by atoms with Crippen molar-refractivity contribution in [1.82, 2.24) is 0 Å². The van der Waals surface area contributed by atoms with Crippen molar-refractivity contribution >= 4 is 11.6 Å². The van der Waals surface area contributed by atoms with Crippen LogP contribution in [0.25, 0.3) is 0 Å². The first-order valence-corrected chi connectivity index (χ1v) is 10.9. The minimum absolute atomic E-state index is 0.0654. The summed E-state index contributed by atoms with van der Waals surface area (Å²) in [5.41, 5.74) is 3.75. The van der Waals surface area contributed by atoms with E-state index in [9.17, 15) is 9.18 Å². The van der Waals surface area contributed by atoms with Crippen LogP contribution in [0, 0.1) is 12.7 Å². The van der Waals surface area contributed by atoms with Crippen molar-refractivity contribution in [2.75, 3.05) is 38.0 Å². The molecule has 3 aromatic rings. The summed E-state index contributed by atoms with van der Waals surface area (Å²) in [4.78, 5) is 15.3. The molecule has 0 spiro atoms. The Labute approximate surface area is 183 Å². The van der Waals surface area contributed by atoms with Gasteiger partial charge in [-0.25, -0.2) is 4.39 Å². The molecule has 1 heterocycles. The number of quaternary nitrogens is 2. The van der Waals surface area contributed by atoms with Crippen LogP contribution in [-0.2, 0) is 4.79 Å². The second-order valence-electron chi connectivity index (χ2n) is 8.35. The van der Waals surface area contributed by atoms with Gasteiger partial charge < -0.3 is 15.1 Å². The Morgan fingerprint density at radius 1 is 0.903 bits per heavy atom. The van der Waals surface area contributed by atoms with E-state index in [1.54, 1.807) is 19.1 Å². The number of piperazine rings is 1. The molecule has 0 bridgehead atoms. The lowest BCUT2D eigenvalue weighted by atomic mass is 9.96. The minimum atomic E-state index is -0.296. The highest BCUT2D eigenvalue weighted by molar-refractivity contribution is 5.91. The lowest BCUT2D eigenvalue weighted by molar-refractivity contribution is -1.02. The first-order valence-electron chi connectivity index (χ1n) is 10.9. The normalized spacial score (nSPS) is 18.7. The van der Waals surface area contributed by atoms with Gasteiger partial charge in [-0.05, 0) is 24.6 Å². The molecule has 0 unspecified atom stereocenters. The zero-order valence-electron chi connectivity index (χ0n) is 17.9. The molecular formula is C26H30FN3O+2. The molecule has 1 aliphatic rings. The predicted molar refractivity (Wildman–Crippen MR) is 121 cm³/mol. The molecule has 31 heavy (non-hydrogen) atoms. The lowest BCUT2D eigenvalue weighted by Gasteiger charge is -2.34. The number of aryl methyl sites for hydroxylation is 1. The van der Waals surface area contributed by atoms with Gasteiger partial charge in [0.25, 0.3) is 5.91 Å². The van der Waals surface area contributed by atoms with E-state index >= 15 is 0 Å². The summed E-state index contributed by atoms with van der Waals surface area (Å²) in [6.07, 6.45) is 0. The van der Waals surface area contributed by atoms with Crippen molar-refractivity contribution in [1.29, 1.82) is 0 Å². The van der Waals surface area contributed by atoms with Crippen molar-refractivity contribution in [2.24, 2.45) is 0 Å². The number of amides is 1. The highest BCUT2D eigenvalue weighted by atomic mass is 19.1. The van der Waals surface area contributed by atoms with Gasteiger partial charge in [0.2, 0.25) is 0 Å². The van der Waals surface area contributed by atoms with Crippen LogP contribution < -0.4 is 15.1 Å². The fourth-order valence-corrected chi connectivity index (χ4v) is 4.45. The smallest absolute Gasteiger partial charge is 0.279 e. The number of rotatable bonds is 6. The number of carbonyl (C=O) groups excluding carboxylic acids is 1. The van der Waals surface area contributed by atoms with Crippen molar-refractivity contribution in [3.63, 3.8) is 0 Å². The molecule has 0 aromatic heterocycles. The van der Waals surface area contributed by atoms with Crippen LogP contribution in [-0.4, -0.2) is 38.6 Å². The second kappa shape index (κ2) is 9.86. The van der Waals surface area contributed by atoms with E-state index in [0.29, 0.717) is 23.8 Å². The molecule has 3 N–H and O–H groups in total. The molecule has 1 fully saturated rings. The van der Waals surface area contributed by atoms with E-state index in [-0.39, 0.29) is 11.7 Å². The van der Waals surface area contributed by atoms with E-state index < -0.39 is 0 Å². The van der Waals surface area contributed by atoms with E-state index in [0.717, 1.165) is 26.2 Å². The number of anilines is 1. The maximum atomic E-state index is 13.7. The lowest BCUT2D eigenvalue weighted by Crippen LogP contribution is -3.28. The molecule has 0 aliphatic carbocycles. The standard InChI is InChI=1S/C26H28FN3O/c1-20-12-13-23(18-24(20)27)28-25(31)19-29-14-16-30(17-15-29)26(21-8-4-2-5-9-21)22-10-6-3-7-11-22/h2-13,18,26H,14-17,19H2,1H3,(H,28,31)/p+2. The highest BCUT2D eigenvalue weighted by Gasteiger charge is 2.32. The average Bonchev–Trinajstić information content (AvgIpc) is 2.79. The first kappa shape index (κ1) is 21.2. The Morgan fingerprint density at radius 3 is 2.03 bits per heavy atom. The summed E-state index contributed by atoms with van der Waals surface area (Å²) in [7, 11) is 0. The van der Waals surface area contributed by atoms with Gasteiger partial charge in [0.05, 0.1) is 0 Å². The van der Waals surface area contributed by atoms with Crippen LogP contribution in [0.5, 0.6) is 0 Å². The highest BCUT2D eigenvalue weighted by Crippen LogP contribution is 2.19. The average molecular weight is 420 g/mol. The van der Waals surface area contributed by atoms with Gasteiger partial charge in [0.1, 0.15) is 38.0 Å². The molecule has 0 saturated carbocycles. The Balaban J connectivity index is 1.37. The molecule has 3 aromatic carbocycles. The van der Waals surface area contributed by atoms with Gasteiger partial charge in [-0.3, -0.25) is 4.79 Å². The fourth-order valence-electron chi connectivity index (χ4n) is 4.45. The van der Waals surface area contributed by atoms with Gasteiger partial charge in [-0.2, -0.15) is 0 Å². The van der Waals surface area contributed by atoms with Gasteiger partial charge in [0.15, 0.2) is 6.54 Å². The van der Waals surface area contributed by atoms with Crippen molar-refractivity contribution in [3.8, 4) is 0 Å². The van der Waals surface area contributed by atoms with E-state index in [2.05, 4.69) is 66.0 Å². The van der Waals surface area contributed by atoms with Crippen LogP contribution in [0.4, 0.5) is 10.1 Å². The number of carbonyl (C=O) groups is 1. The second-order valence-corrected chi connectivity index (χ2v) is 8.35. The van der Waals surface area contributed by atoms with E-state index in [1.807, 2.05) is 0 Å². The first-order chi connectivity index (χ1) is 15.1. The minimum Gasteiger partial charge on any atom is -0.321 e. The molecule has 5 heteroatoms. The molecule has 0 atom stereocenters. The van der Waals surface area contributed by atoms with Crippen molar-refractivity contribution < 1.29 is 19.0 Å². The topological polar surface area (TPSA) is 38.0 Å². The quantitative estimate of drug-likeness (QED) is 0.559. The molecule has 160 valence electrons. The SMILES string of the molecule is Cc1ccc(NC(=O)C[NH+]2CC[NH+](C(c3ccccc3)c3ccccc3)CC2)cc1F. The number of benzene rings is 3. The Bertz CT molecular complexity index is 962. The number of hydrogen-bond acceptors (Lipinski definition) is 1. The molecule has 1 amide bonds. The molecular weight excluding hydrogens is 389 g/mol. The zero-order valence-corrected chi connectivity index (χ0v) is 17.9. The van der Waals surface area contributed by atoms with Crippen molar-refractivity contribution in [2.45, 2.75) is 13.0 Å². The Kier molecular flexibility index (Phi) is 6.75. The Morgan fingerprint density at radius 2 is 1.48 bits per heavy atom. The summed E-state index contributed by atoms with van der Waals surface area (Å²) in [5, 5.41) is 2.84. The monoisotopic (exact) mass is 419 g/mol. The summed E-state index contributed by atoms with van der Waals surface area (Å²) >= 11 is 0. The number of nitrogens with one attached hydrogen (secondary N) is 3. The van der Waals surface area contributed by atoms with Gasteiger partial charge in [-0.1, -0.05) is 66.7 Å². The molecule has 1 aliphatic heterocycles. The number of hydrogen-bond donors (Lipinski definition) is 3. The Hall–Kier alpha value is -3.02. The van der Waals surface area contributed by atoms with Crippen LogP contribution in [0.3, 0.4) is 0 Å².